The zero-order valence-electron chi connectivity index (χ0n) is 9.86. The molecule has 9 heteroatoms. The summed E-state index contributed by atoms with van der Waals surface area (Å²) in [7, 11) is 0. The van der Waals surface area contributed by atoms with E-state index in [1.807, 2.05) is 0 Å². The standard InChI is InChI=1S/C10H11F3N2O3S/c1-2-18-9(17)6-4(10(11,12)13)3-19-8-5(14)7(16)15(6)8/h5,8H,2-3,14H2,1H3/t5-,8+/m0/s1. The Morgan fingerprint density at radius 2 is 2.21 bits per heavy atom. The van der Waals surface area contributed by atoms with E-state index in [-0.39, 0.29) is 6.61 Å². The van der Waals surface area contributed by atoms with E-state index < -0.39 is 46.5 Å². The Kier molecular flexibility index (Phi) is 3.52. The number of carbonyl (C=O) groups is 2. The highest BCUT2D eigenvalue weighted by atomic mass is 32.2. The summed E-state index contributed by atoms with van der Waals surface area (Å²) in [5, 5.41) is -0.627. The Labute approximate surface area is 110 Å². The van der Waals surface area contributed by atoms with Gasteiger partial charge in [0.25, 0.3) is 0 Å². The maximum atomic E-state index is 12.9. The lowest BCUT2D eigenvalue weighted by Gasteiger charge is -2.48. The molecule has 106 valence electrons. The monoisotopic (exact) mass is 296 g/mol. The summed E-state index contributed by atoms with van der Waals surface area (Å²) in [6, 6.07) is -0.871. The van der Waals surface area contributed by atoms with Gasteiger partial charge in [-0.25, -0.2) is 4.79 Å². The highest BCUT2D eigenvalue weighted by Gasteiger charge is 2.55. The van der Waals surface area contributed by atoms with Crippen LogP contribution >= 0.6 is 11.8 Å². The number of halogens is 3. The summed E-state index contributed by atoms with van der Waals surface area (Å²) in [6.07, 6.45) is -4.68. The largest absolute Gasteiger partial charge is 0.461 e. The molecule has 2 rings (SSSR count). The number of carbonyl (C=O) groups excluding carboxylic acids is 2. The van der Waals surface area contributed by atoms with Crippen LogP contribution in [-0.2, 0) is 14.3 Å². The number of β-lactam (4-membered cyclic amide) rings is 1. The first kappa shape index (κ1) is 14.2. The van der Waals surface area contributed by atoms with Crippen LogP contribution in [-0.4, -0.2) is 46.7 Å². The molecule has 0 aromatic rings. The van der Waals surface area contributed by atoms with Crippen LogP contribution in [0.1, 0.15) is 6.92 Å². The molecule has 0 aromatic carbocycles. The number of amides is 1. The van der Waals surface area contributed by atoms with Crippen LogP contribution in [0.5, 0.6) is 0 Å². The molecule has 0 aliphatic carbocycles. The number of alkyl halides is 3. The second-order valence-electron chi connectivity index (χ2n) is 3.98. The minimum atomic E-state index is -4.68. The summed E-state index contributed by atoms with van der Waals surface area (Å²) < 4.78 is 43.3. The normalized spacial score (nSPS) is 27.0. The third-order valence-corrected chi connectivity index (χ3v) is 4.12. The first-order chi connectivity index (χ1) is 8.79. The molecule has 1 saturated heterocycles. The number of esters is 1. The molecule has 2 N–H and O–H groups in total. The van der Waals surface area contributed by atoms with Gasteiger partial charge in [-0.05, 0) is 6.92 Å². The minimum Gasteiger partial charge on any atom is -0.461 e. The predicted molar refractivity (Wildman–Crippen MR) is 60.8 cm³/mol. The summed E-state index contributed by atoms with van der Waals surface area (Å²) in [6.45, 7) is 1.41. The number of hydrogen-bond acceptors (Lipinski definition) is 5. The topological polar surface area (TPSA) is 72.6 Å². The van der Waals surface area contributed by atoms with Crippen molar-refractivity contribution in [2.45, 2.75) is 24.5 Å². The highest BCUT2D eigenvalue weighted by molar-refractivity contribution is 8.00. The Balaban J connectivity index is 2.44. The average Bonchev–Trinajstić information content (AvgIpc) is 2.35. The fraction of sp³-hybridized carbons (Fsp3) is 0.600. The fourth-order valence-corrected chi connectivity index (χ4v) is 3.24. The van der Waals surface area contributed by atoms with E-state index in [0.717, 1.165) is 16.7 Å². The molecule has 2 aliphatic rings. The zero-order chi connectivity index (χ0) is 14.4. The summed E-state index contributed by atoms with van der Waals surface area (Å²) >= 11 is 0.893. The number of nitrogens with two attached hydrogens (primary N) is 1. The van der Waals surface area contributed by atoms with E-state index in [2.05, 4.69) is 4.74 Å². The van der Waals surface area contributed by atoms with Gasteiger partial charge in [-0.15, -0.1) is 11.8 Å². The molecule has 1 fully saturated rings. The second kappa shape index (κ2) is 4.71. The number of hydrogen-bond donors (Lipinski definition) is 1. The molecular formula is C10H11F3N2O3S. The Bertz CT molecular complexity index is 463. The van der Waals surface area contributed by atoms with Crippen molar-refractivity contribution in [3.05, 3.63) is 11.3 Å². The van der Waals surface area contributed by atoms with Crippen molar-refractivity contribution in [3.8, 4) is 0 Å². The third-order valence-electron chi connectivity index (χ3n) is 2.82. The van der Waals surface area contributed by atoms with Crippen molar-refractivity contribution < 1.29 is 27.5 Å². The van der Waals surface area contributed by atoms with Crippen LogP contribution in [0.15, 0.2) is 11.3 Å². The summed E-state index contributed by atoms with van der Waals surface area (Å²) in [5.74, 6) is -2.25. The number of fused-ring (bicyclic) bond motifs is 1. The van der Waals surface area contributed by atoms with Crippen LogP contribution in [0.2, 0.25) is 0 Å². The average molecular weight is 296 g/mol. The summed E-state index contributed by atoms with van der Waals surface area (Å²) in [4.78, 5) is 24.0. The molecule has 2 aliphatic heterocycles. The molecular weight excluding hydrogens is 285 g/mol. The van der Waals surface area contributed by atoms with E-state index in [4.69, 9.17) is 5.73 Å². The Morgan fingerprint density at radius 3 is 2.74 bits per heavy atom. The number of nitrogens with zero attached hydrogens (tertiary/aromatic N) is 1. The van der Waals surface area contributed by atoms with Gasteiger partial charge >= 0.3 is 12.1 Å². The van der Waals surface area contributed by atoms with E-state index in [0.29, 0.717) is 0 Å². The van der Waals surface area contributed by atoms with Gasteiger partial charge in [0.2, 0.25) is 5.91 Å². The van der Waals surface area contributed by atoms with Gasteiger partial charge in [-0.1, -0.05) is 0 Å². The lowest BCUT2D eigenvalue weighted by Crippen LogP contribution is -2.68. The summed E-state index contributed by atoms with van der Waals surface area (Å²) in [5.41, 5.74) is 3.73. The number of thioether (sulfide) groups is 1. The highest BCUT2D eigenvalue weighted by Crippen LogP contribution is 2.44. The van der Waals surface area contributed by atoms with Crippen LogP contribution in [0.3, 0.4) is 0 Å². The third kappa shape index (κ3) is 2.20. The Hall–Kier alpha value is -1.22. The maximum absolute atomic E-state index is 12.9. The van der Waals surface area contributed by atoms with Crippen LogP contribution < -0.4 is 5.73 Å². The predicted octanol–water partition coefficient (Wildman–Crippen LogP) is 0.608. The van der Waals surface area contributed by atoms with E-state index in [9.17, 15) is 22.8 Å². The molecule has 0 radical (unpaired) electrons. The quantitative estimate of drug-likeness (QED) is 0.597. The first-order valence-corrected chi connectivity index (χ1v) is 6.51. The van der Waals surface area contributed by atoms with Crippen molar-refractivity contribution in [2.75, 3.05) is 12.4 Å². The minimum absolute atomic E-state index is 0.0701. The number of rotatable bonds is 2. The molecule has 5 nitrogen and oxygen atoms in total. The van der Waals surface area contributed by atoms with Crippen LogP contribution in [0, 0.1) is 0 Å². The molecule has 19 heavy (non-hydrogen) atoms. The number of ether oxygens (including phenoxy) is 1. The van der Waals surface area contributed by atoms with Crippen molar-refractivity contribution in [2.24, 2.45) is 5.73 Å². The molecule has 2 heterocycles. The van der Waals surface area contributed by atoms with E-state index in [1.54, 1.807) is 0 Å². The Morgan fingerprint density at radius 1 is 1.58 bits per heavy atom. The van der Waals surface area contributed by atoms with Crippen LogP contribution in [0.4, 0.5) is 13.2 Å². The molecule has 0 saturated carbocycles. The van der Waals surface area contributed by atoms with Crippen molar-refractivity contribution in [1.82, 2.24) is 4.90 Å². The SMILES string of the molecule is CCOC(=O)C1=C(C(F)(F)F)CS[C@@H]2[C@@H](N)C(=O)N12. The second-order valence-corrected chi connectivity index (χ2v) is 5.09. The van der Waals surface area contributed by atoms with Crippen LogP contribution in [0.25, 0.3) is 0 Å². The molecule has 0 bridgehead atoms. The fourth-order valence-electron chi connectivity index (χ4n) is 1.92. The van der Waals surface area contributed by atoms with Gasteiger partial charge in [0.15, 0.2) is 0 Å². The van der Waals surface area contributed by atoms with Crippen molar-refractivity contribution >= 4 is 23.6 Å². The van der Waals surface area contributed by atoms with Gasteiger partial charge in [0.1, 0.15) is 17.1 Å². The molecule has 0 aromatic heterocycles. The van der Waals surface area contributed by atoms with Crippen molar-refractivity contribution in [1.29, 1.82) is 0 Å². The first-order valence-electron chi connectivity index (χ1n) is 5.46. The van der Waals surface area contributed by atoms with Gasteiger partial charge in [-0.3, -0.25) is 9.69 Å². The zero-order valence-corrected chi connectivity index (χ0v) is 10.7. The van der Waals surface area contributed by atoms with Gasteiger partial charge in [-0.2, -0.15) is 13.2 Å². The lowest BCUT2D eigenvalue weighted by atomic mass is 10.0. The molecule has 0 unspecified atom stereocenters. The smallest absolute Gasteiger partial charge is 0.415 e. The lowest BCUT2D eigenvalue weighted by molar-refractivity contribution is -0.152. The van der Waals surface area contributed by atoms with E-state index >= 15 is 0 Å². The van der Waals surface area contributed by atoms with Gasteiger partial charge in [0, 0.05) is 5.75 Å². The maximum Gasteiger partial charge on any atom is 0.415 e. The van der Waals surface area contributed by atoms with E-state index in [1.165, 1.54) is 6.92 Å². The van der Waals surface area contributed by atoms with Gasteiger partial charge in [0.05, 0.1) is 12.2 Å². The molecule has 1 amide bonds. The van der Waals surface area contributed by atoms with Crippen molar-refractivity contribution in [3.63, 3.8) is 0 Å². The molecule has 0 spiro atoms. The molecule has 2 atom stereocenters. The van der Waals surface area contributed by atoms with Gasteiger partial charge < -0.3 is 10.5 Å².